The predicted molar refractivity (Wildman–Crippen MR) is 45.3 cm³/mol. The molecule has 0 bridgehead atoms. The zero-order valence-electron chi connectivity index (χ0n) is 6.50. The molecular weight excluding hydrogens is 140 g/mol. The maximum atomic E-state index is 5.70. The van der Waals surface area contributed by atoms with E-state index in [2.05, 4.69) is 0 Å². The van der Waals surface area contributed by atoms with Crippen LogP contribution in [-0.4, -0.2) is 7.11 Å². The van der Waals surface area contributed by atoms with E-state index in [1.54, 1.807) is 7.11 Å². The highest BCUT2D eigenvalue weighted by Crippen LogP contribution is 2.23. The molecule has 0 aromatic heterocycles. The van der Waals surface area contributed by atoms with Gasteiger partial charge in [0.2, 0.25) is 0 Å². The molecular formula is C8H12N2O. The van der Waals surface area contributed by atoms with E-state index in [1.165, 1.54) is 0 Å². The summed E-state index contributed by atoms with van der Waals surface area (Å²) in [6.07, 6.45) is 0. The molecule has 1 rings (SSSR count). The average molecular weight is 152 g/mol. The van der Waals surface area contributed by atoms with Gasteiger partial charge in [0.1, 0.15) is 5.75 Å². The summed E-state index contributed by atoms with van der Waals surface area (Å²) in [4.78, 5) is 0. The van der Waals surface area contributed by atoms with Gasteiger partial charge in [-0.3, -0.25) is 0 Å². The molecule has 0 heterocycles. The van der Waals surface area contributed by atoms with Gasteiger partial charge in [0.25, 0.3) is 0 Å². The van der Waals surface area contributed by atoms with Crippen LogP contribution in [0.4, 0.5) is 5.69 Å². The second-order valence-electron chi connectivity index (χ2n) is 2.24. The van der Waals surface area contributed by atoms with Gasteiger partial charge in [-0.1, -0.05) is 12.1 Å². The van der Waals surface area contributed by atoms with Crippen LogP contribution >= 0.6 is 0 Å². The first kappa shape index (κ1) is 7.88. The van der Waals surface area contributed by atoms with Gasteiger partial charge in [0.05, 0.1) is 12.8 Å². The highest BCUT2D eigenvalue weighted by molar-refractivity contribution is 5.58. The number of nitrogens with two attached hydrogens (primary N) is 2. The molecule has 0 unspecified atom stereocenters. The fourth-order valence-electron chi connectivity index (χ4n) is 0.945. The van der Waals surface area contributed by atoms with Crippen molar-refractivity contribution in [2.45, 2.75) is 6.54 Å². The molecule has 0 spiro atoms. The fraction of sp³-hybridized carbons (Fsp3) is 0.250. The van der Waals surface area contributed by atoms with Crippen molar-refractivity contribution in [1.82, 2.24) is 0 Å². The highest BCUT2D eigenvalue weighted by Gasteiger charge is 2.01. The zero-order chi connectivity index (χ0) is 8.27. The van der Waals surface area contributed by atoms with Gasteiger partial charge >= 0.3 is 0 Å². The monoisotopic (exact) mass is 152 g/mol. The summed E-state index contributed by atoms with van der Waals surface area (Å²) in [5, 5.41) is 0. The van der Waals surface area contributed by atoms with Crippen LogP contribution in [0.3, 0.4) is 0 Å². The number of nitrogen functional groups attached to an aromatic ring is 1. The van der Waals surface area contributed by atoms with E-state index in [0.29, 0.717) is 18.0 Å². The number of para-hydroxylation sites is 1. The number of hydrogen-bond donors (Lipinski definition) is 2. The Balaban J connectivity index is 3.10. The Bertz CT molecular complexity index is 226. The Labute approximate surface area is 66.0 Å². The number of benzene rings is 1. The van der Waals surface area contributed by atoms with Crippen LogP contribution in [0.2, 0.25) is 0 Å². The van der Waals surface area contributed by atoms with E-state index in [0.717, 1.165) is 5.56 Å². The van der Waals surface area contributed by atoms with Crippen molar-refractivity contribution >= 4 is 5.69 Å². The van der Waals surface area contributed by atoms with E-state index in [-0.39, 0.29) is 0 Å². The second kappa shape index (κ2) is 3.25. The maximum absolute atomic E-state index is 5.70. The normalized spacial score (nSPS) is 9.64. The van der Waals surface area contributed by atoms with Crippen molar-refractivity contribution in [2.24, 2.45) is 5.73 Å². The van der Waals surface area contributed by atoms with Gasteiger partial charge in [-0.25, -0.2) is 0 Å². The van der Waals surface area contributed by atoms with Crippen molar-refractivity contribution in [1.29, 1.82) is 0 Å². The summed E-state index contributed by atoms with van der Waals surface area (Å²) < 4.78 is 5.01. The molecule has 0 atom stereocenters. The third kappa shape index (κ3) is 1.43. The Morgan fingerprint density at radius 2 is 2.18 bits per heavy atom. The van der Waals surface area contributed by atoms with Gasteiger partial charge in [-0.15, -0.1) is 0 Å². The van der Waals surface area contributed by atoms with Gasteiger partial charge in [-0.2, -0.15) is 0 Å². The molecule has 11 heavy (non-hydrogen) atoms. The molecule has 1 aromatic rings. The van der Waals surface area contributed by atoms with Crippen molar-refractivity contribution in [3.8, 4) is 5.75 Å². The van der Waals surface area contributed by atoms with Crippen molar-refractivity contribution in [3.05, 3.63) is 23.8 Å². The SMILES string of the molecule is COc1cccc(CN)c1N. The fourth-order valence-corrected chi connectivity index (χ4v) is 0.945. The Morgan fingerprint density at radius 1 is 1.45 bits per heavy atom. The van der Waals surface area contributed by atoms with Crippen LogP contribution in [0.5, 0.6) is 5.75 Å². The molecule has 0 saturated heterocycles. The van der Waals surface area contributed by atoms with Crippen molar-refractivity contribution < 1.29 is 4.74 Å². The summed E-state index contributed by atoms with van der Waals surface area (Å²) in [6, 6.07) is 5.57. The smallest absolute Gasteiger partial charge is 0.142 e. The van der Waals surface area contributed by atoms with Crippen molar-refractivity contribution in [3.63, 3.8) is 0 Å². The second-order valence-corrected chi connectivity index (χ2v) is 2.24. The van der Waals surface area contributed by atoms with Crippen LogP contribution in [0.1, 0.15) is 5.56 Å². The number of ether oxygens (including phenoxy) is 1. The van der Waals surface area contributed by atoms with Crippen LogP contribution in [-0.2, 0) is 6.54 Å². The van der Waals surface area contributed by atoms with Crippen LogP contribution in [0, 0.1) is 0 Å². The molecule has 0 radical (unpaired) electrons. The lowest BCUT2D eigenvalue weighted by atomic mass is 10.1. The minimum absolute atomic E-state index is 0.447. The molecule has 1 aromatic carbocycles. The lowest BCUT2D eigenvalue weighted by Crippen LogP contribution is -2.02. The summed E-state index contributed by atoms with van der Waals surface area (Å²) in [5.74, 6) is 0.688. The molecule has 60 valence electrons. The molecule has 0 aliphatic carbocycles. The first-order valence-corrected chi connectivity index (χ1v) is 3.41. The van der Waals surface area contributed by atoms with E-state index >= 15 is 0 Å². The number of methoxy groups -OCH3 is 1. The molecule has 4 N–H and O–H groups in total. The quantitative estimate of drug-likeness (QED) is 0.614. The van der Waals surface area contributed by atoms with Crippen LogP contribution < -0.4 is 16.2 Å². The summed E-state index contributed by atoms with van der Waals surface area (Å²) in [5.41, 5.74) is 12.7. The summed E-state index contributed by atoms with van der Waals surface area (Å²) in [7, 11) is 1.59. The molecule has 0 fully saturated rings. The molecule has 0 saturated carbocycles. The molecule has 3 heteroatoms. The first-order valence-electron chi connectivity index (χ1n) is 3.41. The minimum atomic E-state index is 0.447. The Morgan fingerprint density at radius 3 is 2.73 bits per heavy atom. The van der Waals surface area contributed by atoms with E-state index < -0.39 is 0 Å². The third-order valence-corrected chi connectivity index (χ3v) is 1.60. The highest BCUT2D eigenvalue weighted by atomic mass is 16.5. The lowest BCUT2D eigenvalue weighted by molar-refractivity contribution is 0.416. The van der Waals surface area contributed by atoms with E-state index in [9.17, 15) is 0 Å². The van der Waals surface area contributed by atoms with E-state index in [4.69, 9.17) is 16.2 Å². The Kier molecular flexibility index (Phi) is 2.33. The molecule has 0 aliphatic heterocycles. The zero-order valence-corrected chi connectivity index (χ0v) is 6.50. The minimum Gasteiger partial charge on any atom is -0.495 e. The van der Waals surface area contributed by atoms with Gasteiger partial charge < -0.3 is 16.2 Å². The third-order valence-electron chi connectivity index (χ3n) is 1.60. The summed E-state index contributed by atoms with van der Waals surface area (Å²) >= 11 is 0. The van der Waals surface area contributed by atoms with Gasteiger partial charge in [-0.05, 0) is 11.6 Å². The molecule has 0 amide bonds. The van der Waals surface area contributed by atoms with Crippen LogP contribution in [0.25, 0.3) is 0 Å². The van der Waals surface area contributed by atoms with Crippen LogP contribution in [0.15, 0.2) is 18.2 Å². The maximum Gasteiger partial charge on any atom is 0.142 e. The Hall–Kier alpha value is -1.22. The lowest BCUT2D eigenvalue weighted by Gasteiger charge is -2.07. The standard InChI is InChI=1S/C8H12N2O/c1-11-7-4-2-3-6(5-9)8(7)10/h2-4H,5,9-10H2,1H3. The number of rotatable bonds is 2. The largest absolute Gasteiger partial charge is 0.495 e. The number of anilines is 1. The van der Waals surface area contributed by atoms with Gasteiger partial charge in [0.15, 0.2) is 0 Å². The van der Waals surface area contributed by atoms with E-state index in [1.807, 2.05) is 18.2 Å². The summed E-state index contributed by atoms with van der Waals surface area (Å²) in [6.45, 7) is 0.447. The predicted octanol–water partition coefficient (Wildman–Crippen LogP) is 0.736. The van der Waals surface area contributed by atoms with Crippen molar-refractivity contribution in [2.75, 3.05) is 12.8 Å². The topological polar surface area (TPSA) is 61.3 Å². The number of hydrogen-bond acceptors (Lipinski definition) is 3. The average Bonchev–Trinajstić information content (AvgIpc) is 2.05. The first-order chi connectivity index (χ1) is 5.29. The molecule has 0 aliphatic rings. The molecule has 3 nitrogen and oxygen atoms in total. The van der Waals surface area contributed by atoms with Gasteiger partial charge in [0, 0.05) is 6.54 Å².